The number of benzene rings is 2. The molecule has 7 nitrogen and oxygen atoms in total. The van der Waals surface area contributed by atoms with Crippen LogP contribution in [0, 0.1) is 10.1 Å². The summed E-state index contributed by atoms with van der Waals surface area (Å²) < 4.78 is 2.09. The van der Waals surface area contributed by atoms with Crippen molar-refractivity contribution in [2.24, 2.45) is 0 Å². The highest BCUT2D eigenvalue weighted by Gasteiger charge is 2.21. The first-order chi connectivity index (χ1) is 13.7. The van der Waals surface area contributed by atoms with Crippen LogP contribution in [0.5, 0.6) is 0 Å². The van der Waals surface area contributed by atoms with Gasteiger partial charge in [-0.2, -0.15) is 0 Å². The van der Waals surface area contributed by atoms with Crippen LogP contribution < -0.4 is 4.90 Å². The molecule has 1 aliphatic rings. The third-order valence-electron chi connectivity index (χ3n) is 4.76. The zero-order valence-electron chi connectivity index (χ0n) is 15.4. The van der Waals surface area contributed by atoms with Crippen molar-refractivity contribution in [2.75, 3.05) is 18.0 Å². The molecular weight excluding hydrogens is 374 g/mol. The minimum atomic E-state index is -0.366. The second kappa shape index (κ2) is 8.43. The van der Waals surface area contributed by atoms with Gasteiger partial charge in [0.1, 0.15) is 0 Å². The van der Waals surface area contributed by atoms with Crippen molar-refractivity contribution in [1.29, 1.82) is 0 Å². The third-order valence-corrected chi connectivity index (χ3v) is 5.76. The molecule has 0 aliphatic carbocycles. The lowest BCUT2D eigenvalue weighted by Gasteiger charge is -2.27. The van der Waals surface area contributed by atoms with Gasteiger partial charge in [0, 0.05) is 31.0 Å². The SMILES string of the molecule is O=[N+]([O-])c1cccc(CSc2nnc(N3CCCCC3)n2-c2ccccc2)c1. The first kappa shape index (κ1) is 18.5. The second-order valence-corrected chi connectivity index (χ2v) is 7.66. The van der Waals surface area contributed by atoms with Crippen molar-refractivity contribution in [3.05, 3.63) is 70.3 Å². The number of nitro groups is 1. The lowest BCUT2D eigenvalue weighted by atomic mass is 10.1. The molecule has 8 heteroatoms. The molecule has 0 spiro atoms. The van der Waals surface area contributed by atoms with E-state index in [9.17, 15) is 10.1 Å². The Morgan fingerprint density at radius 2 is 1.79 bits per heavy atom. The molecule has 1 saturated heterocycles. The first-order valence-corrected chi connectivity index (χ1v) is 10.3. The average molecular weight is 395 g/mol. The molecule has 0 N–H and O–H groups in total. The van der Waals surface area contributed by atoms with Gasteiger partial charge < -0.3 is 4.90 Å². The predicted octanol–water partition coefficient (Wildman–Crippen LogP) is 4.46. The zero-order chi connectivity index (χ0) is 19.3. The van der Waals surface area contributed by atoms with Gasteiger partial charge in [0.15, 0.2) is 5.16 Å². The van der Waals surface area contributed by atoms with Crippen LogP contribution in [-0.2, 0) is 5.75 Å². The average Bonchev–Trinajstić information content (AvgIpc) is 3.18. The van der Waals surface area contributed by atoms with Crippen LogP contribution in [0.15, 0.2) is 59.8 Å². The standard InChI is InChI=1S/C20H21N5O2S/c26-25(27)18-11-7-8-16(14-18)15-28-20-22-21-19(23-12-5-2-6-13-23)24(20)17-9-3-1-4-10-17/h1,3-4,7-11,14H,2,5-6,12-13,15H2. The molecule has 28 heavy (non-hydrogen) atoms. The number of anilines is 1. The Hall–Kier alpha value is -2.87. The monoisotopic (exact) mass is 395 g/mol. The molecule has 1 aromatic heterocycles. The second-order valence-electron chi connectivity index (χ2n) is 6.72. The summed E-state index contributed by atoms with van der Waals surface area (Å²) in [5.41, 5.74) is 2.02. The van der Waals surface area contributed by atoms with Crippen LogP contribution in [0.2, 0.25) is 0 Å². The van der Waals surface area contributed by atoms with Gasteiger partial charge in [0.25, 0.3) is 5.69 Å². The van der Waals surface area contributed by atoms with Gasteiger partial charge >= 0.3 is 0 Å². The Bertz CT molecular complexity index is 954. The number of nitrogens with zero attached hydrogens (tertiary/aromatic N) is 5. The van der Waals surface area contributed by atoms with E-state index in [1.54, 1.807) is 23.9 Å². The number of thioether (sulfide) groups is 1. The molecule has 0 radical (unpaired) electrons. The highest BCUT2D eigenvalue weighted by atomic mass is 32.2. The van der Waals surface area contributed by atoms with Crippen LogP contribution >= 0.6 is 11.8 Å². The van der Waals surface area contributed by atoms with E-state index in [2.05, 4.69) is 19.7 Å². The topological polar surface area (TPSA) is 77.1 Å². The summed E-state index contributed by atoms with van der Waals surface area (Å²) in [5, 5.41) is 20.7. The number of para-hydroxylation sites is 1. The molecule has 0 atom stereocenters. The van der Waals surface area contributed by atoms with Gasteiger partial charge in [-0.25, -0.2) is 0 Å². The van der Waals surface area contributed by atoms with E-state index >= 15 is 0 Å². The number of hydrogen-bond acceptors (Lipinski definition) is 6. The van der Waals surface area contributed by atoms with Crippen LogP contribution in [0.1, 0.15) is 24.8 Å². The molecular formula is C20H21N5O2S. The molecule has 0 bridgehead atoms. The van der Waals surface area contributed by atoms with Gasteiger partial charge in [0.2, 0.25) is 5.95 Å². The summed E-state index contributed by atoms with van der Waals surface area (Å²) >= 11 is 1.54. The van der Waals surface area contributed by atoms with Crippen LogP contribution in [0.4, 0.5) is 11.6 Å². The Labute approximate surface area is 167 Å². The minimum absolute atomic E-state index is 0.108. The van der Waals surface area contributed by atoms with E-state index in [0.29, 0.717) is 5.75 Å². The summed E-state index contributed by atoms with van der Waals surface area (Å²) in [6, 6.07) is 16.8. The van der Waals surface area contributed by atoms with E-state index in [1.807, 2.05) is 36.4 Å². The molecule has 0 unspecified atom stereocenters. The van der Waals surface area contributed by atoms with Crippen molar-refractivity contribution in [2.45, 2.75) is 30.2 Å². The maximum absolute atomic E-state index is 11.0. The van der Waals surface area contributed by atoms with E-state index in [1.165, 1.54) is 12.5 Å². The third kappa shape index (κ3) is 4.01. The van der Waals surface area contributed by atoms with Gasteiger partial charge in [-0.05, 0) is 37.0 Å². The van der Waals surface area contributed by atoms with E-state index in [0.717, 1.165) is 48.3 Å². The van der Waals surface area contributed by atoms with Crippen LogP contribution in [0.25, 0.3) is 5.69 Å². The summed E-state index contributed by atoms with van der Waals surface area (Å²) in [4.78, 5) is 12.9. The number of nitro benzene ring substituents is 1. The van der Waals surface area contributed by atoms with Crippen molar-refractivity contribution in [3.63, 3.8) is 0 Å². The van der Waals surface area contributed by atoms with E-state index in [4.69, 9.17) is 0 Å². The number of non-ortho nitro benzene ring substituents is 1. The maximum atomic E-state index is 11.0. The molecule has 2 heterocycles. The fraction of sp³-hybridized carbons (Fsp3) is 0.300. The Balaban J connectivity index is 1.62. The van der Waals surface area contributed by atoms with Crippen molar-refractivity contribution < 1.29 is 4.92 Å². The lowest BCUT2D eigenvalue weighted by molar-refractivity contribution is -0.384. The Morgan fingerprint density at radius 3 is 2.54 bits per heavy atom. The molecule has 1 fully saturated rings. The first-order valence-electron chi connectivity index (χ1n) is 9.34. The smallest absolute Gasteiger partial charge is 0.269 e. The number of rotatable bonds is 6. The van der Waals surface area contributed by atoms with E-state index < -0.39 is 0 Å². The number of hydrogen-bond donors (Lipinski definition) is 0. The Kier molecular flexibility index (Phi) is 5.57. The normalized spacial score (nSPS) is 14.2. The minimum Gasteiger partial charge on any atom is -0.341 e. The molecule has 0 amide bonds. The van der Waals surface area contributed by atoms with Gasteiger partial charge in [0.05, 0.1) is 10.6 Å². The molecule has 3 aromatic rings. The van der Waals surface area contributed by atoms with Gasteiger partial charge in [-0.15, -0.1) is 10.2 Å². The summed E-state index contributed by atoms with van der Waals surface area (Å²) in [6.07, 6.45) is 3.58. The van der Waals surface area contributed by atoms with E-state index in [-0.39, 0.29) is 10.6 Å². The fourth-order valence-corrected chi connectivity index (χ4v) is 4.26. The molecule has 0 saturated carbocycles. The zero-order valence-corrected chi connectivity index (χ0v) is 16.2. The van der Waals surface area contributed by atoms with Crippen LogP contribution in [0.3, 0.4) is 0 Å². The number of aromatic nitrogens is 3. The van der Waals surface area contributed by atoms with Crippen molar-refractivity contribution in [1.82, 2.24) is 14.8 Å². The summed E-state index contributed by atoms with van der Waals surface area (Å²) in [6.45, 7) is 1.97. The van der Waals surface area contributed by atoms with Gasteiger partial charge in [-0.3, -0.25) is 14.7 Å². The van der Waals surface area contributed by atoms with Gasteiger partial charge in [-0.1, -0.05) is 42.1 Å². The maximum Gasteiger partial charge on any atom is 0.269 e. The quantitative estimate of drug-likeness (QED) is 0.348. The van der Waals surface area contributed by atoms with Crippen molar-refractivity contribution in [3.8, 4) is 5.69 Å². The fourth-order valence-electron chi connectivity index (χ4n) is 3.37. The highest BCUT2D eigenvalue weighted by Crippen LogP contribution is 2.30. The Morgan fingerprint density at radius 1 is 1.00 bits per heavy atom. The molecule has 2 aromatic carbocycles. The van der Waals surface area contributed by atoms with Crippen molar-refractivity contribution >= 4 is 23.4 Å². The molecule has 1 aliphatic heterocycles. The predicted molar refractivity (Wildman–Crippen MR) is 110 cm³/mol. The molecule has 144 valence electrons. The largest absolute Gasteiger partial charge is 0.341 e. The lowest BCUT2D eigenvalue weighted by Crippen LogP contribution is -2.31. The number of piperidine rings is 1. The van der Waals surface area contributed by atoms with Crippen LogP contribution in [-0.4, -0.2) is 32.8 Å². The highest BCUT2D eigenvalue weighted by molar-refractivity contribution is 7.98. The molecule has 4 rings (SSSR count). The summed E-state index contributed by atoms with van der Waals surface area (Å²) in [7, 11) is 0. The summed E-state index contributed by atoms with van der Waals surface area (Å²) in [5.74, 6) is 1.46.